The summed E-state index contributed by atoms with van der Waals surface area (Å²) in [5.74, 6) is 1.41. The van der Waals surface area contributed by atoms with Crippen molar-refractivity contribution in [2.75, 3.05) is 20.0 Å². The quantitative estimate of drug-likeness (QED) is 0.330. The van der Waals surface area contributed by atoms with E-state index in [0.29, 0.717) is 22.0 Å². The minimum Gasteiger partial charge on any atom is -0.497 e. The Morgan fingerprint density at radius 3 is 2.72 bits per heavy atom. The first kappa shape index (κ1) is 20.3. The molecule has 0 bridgehead atoms. The zero-order valence-electron chi connectivity index (χ0n) is 16.3. The molecule has 29 heavy (non-hydrogen) atoms. The molecule has 3 aromatic rings. The Balaban J connectivity index is 1.93. The van der Waals surface area contributed by atoms with Gasteiger partial charge in [-0.1, -0.05) is 11.8 Å². The van der Waals surface area contributed by atoms with Gasteiger partial charge in [0.1, 0.15) is 15.8 Å². The van der Waals surface area contributed by atoms with Crippen LogP contribution in [0.1, 0.15) is 18.9 Å². The molecule has 2 aromatic heterocycles. The Morgan fingerprint density at radius 2 is 2.03 bits per heavy atom. The molecule has 1 atom stereocenters. The van der Waals surface area contributed by atoms with Gasteiger partial charge in [-0.3, -0.25) is 14.2 Å². The van der Waals surface area contributed by atoms with Crippen LogP contribution in [0, 0.1) is 0 Å². The third-order valence-corrected chi connectivity index (χ3v) is 8.26. The minimum absolute atomic E-state index is 0.0975. The zero-order chi connectivity index (χ0) is 20.5. The Morgan fingerprint density at radius 1 is 1.28 bits per heavy atom. The number of thiophene rings is 1. The van der Waals surface area contributed by atoms with E-state index < -0.39 is 5.25 Å². The van der Waals surface area contributed by atoms with E-state index in [0.717, 1.165) is 29.0 Å². The van der Waals surface area contributed by atoms with Crippen molar-refractivity contribution in [2.24, 2.45) is 0 Å². The second kappa shape index (κ2) is 8.41. The summed E-state index contributed by atoms with van der Waals surface area (Å²) < 4.78 is 12.9. The van der Waals surface area contributed by atoms with Crippen LogP contribution in [0.4, 0.5) is 0 Å². The van der Waals surface area contributed by atoms with Gasteiger partial charge in [-0.2, -0.15) is 0 Å². The third-order valence-electron chi connectivity index (χ3n) is 4.71. The predicted molar refractivity (Wildman–Crippen MR) is 118 cm³/mol. The van der Waals surface area contributed by atoms with E-state index in [4.69, 9.17) is 14.5 Å². The molecule has 0 saturated carbocycles. The molecule has 0 spiro atoms. The number of nitrogens with zero attached hydrogens (tertiary/aromatic N) is 2. The van der Waals surface area contributed by atoms with Gasteiger partial charge in [0, 0.05) is 0 Å². The molecular weight excluding hydrogens is 428 g/mol. The first-order valence-electron chi connectivity index (χ1n) is 9.13. The molecule has 1 aliphatic heterocycles. The van der Waals surface area contributed by atoms with Crippen molar-refractivity contribution in [3.8, 4) is 11.4 Å². The largest absolute Gasteiger partial charge is 0.497 e. The molecule has 0 N–H and O–H groups in total. The summed E-state index contributed by atoms with van der Waals surface area (Å²) in [7, 11) is 2.96. The van der Waals surface area contributed by atoms with E-state index in [1.807, 2.05) is 24.3 Å². The molecule has 152 valence electrons. The van der Waals surface area contributed by atoms with Crippen LogP contribution in [-0.4, -0.2) is 40.7 Å². The number of carbonyl (C=O) groups excluding carboxylic acids is 1. The monoisotopic (exact) mass is 448 g/mol. The number of esters is 1. The van der Waals surface area contributed by atoms with Crippen molar-refractivity contribution in [1.29, 1.82) is 0 Å². The number of aromatic nitrogens is 2. The van der Waals surface area contributed by atoms with E-state index in [9.17, 15) is 9.59 Å². The molecule has 0 radical (unpaired) electrons. The van der Waals surface area contributed by atoms with Gasteiger partial charge in [0.25, 0.3) is 5.56 Å². The molecule has 1 aliphatic rings. The lowest BCUT2D eigenvalue weighted by Gasteiger charge is -2.15. The van der Waals surface area contributed by atoms with Crippen molar-refractivity contribution in [2.45, 2.75) is 34.4 Å². The molecule has 0 aliphatic carbocycles. The number of ether oxygens (including phenoxy) is 2. The molecule has 0 fully saturated rings. The maximum atomic E-state index is 13.6. The molecule has 1 aromatic carbocycles. The lowest BCUT2D eigenvalue weighted by atomic mass is 10.1. The van der Waals surface area contributed by atoms with Gasteiger partial charge in [0.2, 0.25) is 0 Å². The van der Waals surface area contributed by atoms with Crippen molar-refractivity contribution < 1.29 is 14.3 Å². The lowest BCUT2D eigenvalue weighted by Crippen LogP contribution is -2.24. The van der Waals surface area contributed by atoms with E-state index in [2.05, 4.69) is 0 Å². The average Bonchev–Trinajstić information content (AvgIpc) is 3.12. The van der Waals surface area contributed by atoms with Gasteiger partial charge in [0.05, 0.1) is 29.5 Å². The SMILES string of the molecule is COC(=O)[C@H](C)Sc1nc2sc3c(c2c(=O)n1-c1ccc(OC)cc1)CCCS3. The van der Waals surface area contributed by atoms with Gasteiger partial charge in [-0.05, 0) is 55.3 Å². The molecule has 0 unspecified atom stereocenters. The van der Waals surface area contributed by atoms with E-state index in [-0.39, 0.29) is 11.5 Å². The minimum atomic E-state index is -0.488. The van der Waals surface area contributed by atoms with Crippen LogP contribution in [0.25, 0.3) is 15.9 Å². The number of carbonyl (C=O) groups is 1. The highest BCUT2D eigenvalue weighted by Gasteiger charge is 2.25. The third kappa shape index (κ3) is 3.78. The topological polar surface area (TPSA) is 70.4 Å². The number of hydrogen-bond donors (Lipinski definition) is 0. The van der Waals surface area contributed by atoms with Gasteiger partial charge >= 0.3 is 5.97 Å². The highest BCUT2D eigenvalue weighted by Crippen LogP contribution is 2.41. The van der Waals surface area contributed by atoms with Gasteiger partial charge in [-0.15, -0.1) is 23.1 Å². The number of aryl methyl sites for hydroxylation is 1. The number of rotatable bonds is 5. The zero-order valence-corrected chi connectivity index (χ0v) is 18.7. The second-order valence-corrected chi connectivity index (χ2v) is 10.2. The van der Waals surface area contributed by atoms with Gasteiger partial charge in [-0.25, -0.2) is 4.98 Å². The van der Waals surface area contributed by atoms with E-state index in [1.54, 1.807) is 41.7 Å². The Labute approximate surface area is 180 Å². The van der Waals surface area contributed by atoms with Crippen LogP contribution in [0.15, 0.2) is 38.4 Å². The summed E-state index contributed by atoms with van der Waals surface area (Å²) in [5.41, 5.74) is 1.70. The fourth-order valence-electron chi connectivity index (χ4n) is 3.23. The Hall–Kier alpha value is -1.97. The average molecular weight is 449 g/mol. The van der Waals surface area contributed by atoms with Crippen LogP contribution in [-0.2, 0) is 16.0 Å². The first-order chi connectivity index (χ1) is 14.0. The van der Waals surface area contributed by atoms with Crippen molar-refractivity contribution in [1.82, 2.24) is 9.55 Å². The van der Waals surface area contributed by atoms with E-state index >= 15 is 0 Å². The molecule has 4 rings (SSSR count). The summed E-state index contributed by atoms with van der Waals surface area (Å²) >= 11 is 4.59. The molecular formula is C20H20N2O4S3. The highest BCUT2D eigenvalue weighted by molar-refractivity contribution is 8.01. The second-order valence-electron chi connectivity index (χ2n) is 6.52. The Bertz CT molecular complexity index is 1120. The molecule has 9 heteroatoms. The first-order valence-corrected chi connectivity index (χ1v) is 11.8. The maximum Gasteiger partial charge on any atom is 0.318 e. The standard InChI is InChI=1S/C20H20N2O4S3/c1-11(18(24)26-3)28-20-21-16-15(14-5-4-10-27-19(14)29-16)17(23)22(20)12-6-8-13(25-2)9-7-12/h6-9,11H,4-5,10H2,1-3H3/t11-/m0/s1. The van der Waals surface area contributed by atoms with Gasteiger partial charge < -0.3 is 9.47 Å². The normalized spacial score (nSPS) is 14.4. The van der Waals surface area contributed by atoms with Crippen LogP contribution < -0.4 is 10.3 Å². The fraction of sp³-hybridized carbons (Fsp3) is 0.350. The van der Waals surface area contributed by atoms with Crippen molar-refractivity contribution in [3.05, 3.63) is 40.2 Å². The molecule has 0 saturated heterocycles. The van der Waals surface area contributed by atoms with Crippen LogP contribution in [0.2, 0.25) is 0 Å². The van der Waals surface area contributed by atoms with Crippen molar-refractivity contribution in [3.63, 3.8) is 0 Å². The molecule has 6 nitrogen and oxygen atoms in total. The van der Waals surface area contributed by atoms with Crippen molar-refractivity contribution >= 4 is 51.0 Å². The number of methoxy groups -OCH3 is 2. The summed E-state index contributed by atoms with van der Waals surface area (Å²) in [6.07, 6.45) is 1.95. The lowest BCUT2D eigenvalue weighted by molar-refractivity contribution is -0.139. The number of thioether (sulfide) groups is 2. The number of benzene rings is 1. The fourth-order valence-corrected chi connectivity index (χ4v) is 6.76. The van der Waals surface area contributed by atoms with Gasteiger partial charge in [0.15, 0.2) is 5.16 Å². The van der Waals surface area contributed by atoms with Crippen LogP contribution in [0.5, 0.6) is 5.75 Å². The summed E-state index contributed by atoms with van der Waals surface area (Å²) in [6.45, 7) is 1.75. The maximum absolute atomic E-state index is 13.6. The summed E-state index contributed by atoms with van der Waals surface area (Å²) in [4.78, 5) is 31.1. The smallest absolute Gasteiger partial charge is 0.318 e. The summed E-state index contributed by atoms with van der Waals surface area (Å²) in [5, 5.41) is 0.690. The number of hydrogen-bond acceptors (Lipinski definition) is 8. The van der Waals surface area contributed by atoms with E-state index in [1.165, 1.54) is 23.1 Å². The predicted octanol–water partition coefficient (Wildman–Crippen LogP) is 4.15. The van der Waals surface area contributed by atoms with Crippen LogP contribution in [0.3, 0.4) is 0 Å². The summed E-state index contributed by atoms with van der Waals surface area (Å²) in [6, 6.07) is 7.27. The molecule has 3 heterocycles. The number of fused-ring (bicyclic) bond motifs is 3. The highest BCUT2D eigenvalue weighted by atomic mass is 32.2. The molecule has 0 amide bonds. The Kier molecular flexibility index (Phi) is 5.89. The van der Waals surface area contributed by atoms with Crippen LogP contribution >= 0.6 is 34.9 Å².